The van der Waals surface area contributed by atoms with Crippen molar-refractivity contribution < 1.29 is 19.0 Å². The quantitative estimate of drug-likeness (QED) is 0.332. The minimum Gasteiger partial charge on any atom is -0.493 e. The number of benzene rings is 2. The van der Waals surface area contributed by atoms with Gasteiger partial charge in [-0.05, 0) is 42.0 Å². The van der Waals surface area contributed by atoms with Crippen LogP contribution < -0.4 is 14.2 Å². The standard InChI is InChI=1S/C22H18N2O4S/c1-14(25)28-18-7-4-15(5-8-18)10-17(12-23)22-24-19(13-29-22)16-6-9-20(26-2)21(11-16)27-3/h4-11,13H,1-3H3/b17-10-. The molecule has 0 radical (unpaired) electrons. The molecule has 3 rings (SSSR count). The molecule has 1 heterocycles. The number of esters is 1. The van der Waals surface area contributed by atoms with Crippen molar-refractivity contribution in [3.63, 3.8) is 0 Å². The van der Waals surface area contributed by atoms with E-state index >= 15 is 0 Å². The summed E-state index contributed by atoms with van der Waals surface area (Å²) in [7, 11) is 3.17. The van der Waals surface area contributed by atoms with Crippen LogP contribution in [0.1, 0.15) is 17.5 Å². The van der Waals surface area contributed by atoms with Crippen molar-refractivity contribution in [1.82, 2.24) is 4.98 Å². The smallest absolute Gasteiger partial charge is 0.308 e. The minimum absolute atomic E-state index is 0.378. The SMILES string of the molecule is COc1ccc(-c2csc(/C(C#N)=C\c3ccc(OC(C)=O)cc3)n2)cc1OC. The fraction of sp³-hybridized carbons (Fsp3) is 0.136. The number of methoxy groups -OCH3 is 2. The number of allylic oxidation sites excluding steroid dienone is 1. The molecule has 0 bridgehead atoms. The summed E-state index contributed by atoms with van der Waals surface area (Å²) in [5.41, 5.74) is 2.87. The van der Waals surface area contributed by atoms with Gasteiger partial charge >= 0.3 is 5.97 Å². The molecule has 6 nitrogen and oxygen atoms in total. The molecule has 1 aromatic heterocycles. The molecule has 0 saturated carbocycles. The summed E-state index contributed by atoms with van der Waals surface area (Å²) in [6, 6.07) is 14.7. The molecule has 2 aromatic carbocycles. The maximum Gasteiger partial charge on any atom is 0.308 e. The van der Waals surface area contributed by atoms with Crippen LogP contribution in [0.5, 0.6) is 17.2 Å². The van der Waals surface area contributed by atoms with E-state index in [1.807, 2.05) is 23.6 Å². The van der Waals surface area contributed by atoms with E-state index in [-0.39, 0.29) is 5.97 Å². The van der Waals surface area contributed by atoms with E-state index in [1.54, 1.807) is 44.6 Å². The van der Waals surface area contributed by atoms with E-state index in [2.05, 4.69) is 11.1 Å². The van der Waals surface area contributed by atoms with Gasteiger partial charge in [0, 0.05) is 17.9 Å². The number of rotatable bonds is 6. The monoisotopic (exact) mass is 406 g/mol. The summed E-state index contributed by atoms with van der Waals surface area (Å²) in [5.74, 6) is 1.33. The first-order valence-electron chi connectivity index (χ1n) is 8.62. The Balaban J connectivity index is 1.87. The van der Waals surface area contributed by atoms with E-state index < -0.39 is 0 Å². The molecule has 0 atom stereocenters. The fourth-order valence-corrected chi connectivity index (χ4v) is 3.43. The van der Waals surface area contributed by atoms with Crippen molar-refractivity contribution in [2.75, 3.05) is 14.2 Å². The summed E-state index contributed by atoms with van der Waals surface area (Å²) < 4.78 is 15.6. The number of hydrogen-bond donors (Lipinski definition) is 0. The third kappa shape index (κ3) is 4.81. The normalized spacial score (nSPS) is 10.9. The lowest BCUT2D eigenvalue weighted by molar-refractivity contribution is -0.131. The van der Waals surface area contributed by atoms with Crippen molar-refractivity contribution in [2.24, 2.45) is 0 Å². The molecule has 3 aromatic rings. The number of nitriles is 1. The summed E-state index contributed by atoms with van der Waals surface area (Å²) >= 11 is 1.39. The average molecular weight is 406 g/mol. The lowest BCUT2D eigenvalue weighted by atomic mass is 10.1. The van der Waals surface area contributed by atoms with Crippen molar-refractivity contribution in [3.05, 3.63) is 58.4 Å². The number of hydrogen-bond acceptors (Lipinski definition) is 7. The molecule has 0 N–H and O–H groups in total. The highest BCUT2D eigenvalue weighted by Crippen LogP contribution is 2.34. The van der Waals surface area contributed by atoms with E-state index in [9.17, 15) is 10.1 Å². The molecular weight excluding hydrogens is 388 g/mol. The van der Waals surface area contributed by atoms with Gasteiger partial charge < -0.3 is 14.2 Å². The van der Waals surface area contributed by atoms with Gasteiger partial charge in [0.1, 0.15) is 16.8 Å². The molecule has 7 heteroatoms. The van der Waals surface area contributed by atoms with E-state index in [4.69, 9.17) is 14.2 Å². The minimum atomic E-state index is -0.378. The molecule has 0 unspecified atom stereocenters. The van der Waals surface area contributed by atoms with Crippen molar-refractivity contribution >= 4 is 29.0 Å². The summed E-state index contributed by atoms with van der Waals surface area (Å²) in [5, 5.41) is 12.1. The van der Waals surface area contributed by atoms with Crippen LogP contribution in [0.25, 0.3) is 22.9 Å². The van der Waals surface area contributed by atoms with Crippen LogP contribution >= 0.6 is 11.3 Å². The Morgan fingerprint density at radius 1 is 1.10 bits per heavy atom. The van der Waals surface area contributed by atoms with Crippen LogP contribution in [-0.2, 0) is 4.79 Å². The van der Waals surface area contributed by atoms with Gasteiger partial charge in [-0.2, -0.15) is 5.26 Å². The zero-order valence-electron chi connectivity index (χ0n) is 16.1. The number of ether oxygens (including phenoxy) is 3. The van der Waals surface area contributed by atoms with Gasteiger partial charge in [-0.3, -0.25) is 4.79 Å². The number of nitrogens with zero attached hydrogens (tertiary/aromatic N) is 2. The second-order valence-electron chi connectivity index (χ2n) is 5.94. The van der Waals surface area contributed by atoms with Crippen LogP contribution in [0, 0.1) is 11.3 Å². The zero-order chi connectivity index (χ0) is 20.8. The third-order valence-corrected chi connectivity index (χ3v) is 4.86. The average Bonchev–Trinajstić information content (AvgIpc) is 3.22. The Kier molecular flexibility index (Phi) is 6.27. The Morgan fingerprint density at radius 3 is 2.45 bits per heavy atom. The fourth-order valence-electron chi connectivity index (χ4n) is 2.63. The highest BCUT2D eigenvalue weighted by Gasteiger charge is 2.12. The van der Waals surface area contributed by atoms with Crippen molar-refractivity contribution in [3.8, 4) is 34.6 Å². The Bertz CT molecular complexity index is 1090. The van der Waals surface area contributed by atoms with Crippen molar-refractivity contribution in [1.29, 1.82) is 5.26 Å². The number of carbonyl (C=O) groups is 1. The Hall–Kier alpha value is -3.63. The molecule has 0 aliphatic carbocycles. The molecule has 146 valence electrons. The summed E-state index contributed by atoms with van der Waals surface area (Å²) in [6.07, 6.45) is 1.74. The maximum atomic E-state index is 11.0. The molecule has 29 heavy (non-hydrogen) atoms. The van der Waals surface area contributed by atoms with E-state index in [0.717, 1.165) is 16.8 Å². The highest BCUT2D eigenvalue weighted by molar-refractivity contribution is 7.11. The van der Waals surface area contributed by atoms with E-state index in [0.29, 0.717) is 27.8 Å². The van der Waals surface area contributed by atoms with Crippen molar-refractivity contribution in [2.45, 2.75) is 6.92 Å². The third-order valence-electron chi connectivity index (χ3n) is 3.99. The van der Waals surface area contributed by atoms with Gasteiger partial charge in [-0.15, -0.1) is 11.3 Å². The Labute approximate surface area is 172 Å². The van der Waals surface area contributed by atoms with Gasteiger partial charge in [-0.25, -0.2) is 4.98 Å². The number of carbonyl (C=O) groups excluding carboxylic acids is 1. The van der Waals surface area contributed by atoms with Gasteiger partial charge in [0.05, 0.1) is 25.5 Å². The highest BCUT2D eigenvalue weighted by atomic mass is 32.1. The lowest BCUT2D eigenvalue weighted by Gasteiger charge is -2.08. The molecule has 0 fully saturated rings. The number of aromatic nitrogens is 1. The maximum absolute atomic E-state index is 11.0. The van der Waals surface area contributed by atoms with Gasteiger partial charge in [-0.1, -0.05) is 12.1 Å². The summed E-state index contributed by atoms with van der Waals surface area (Å²) in [4.78, 5) is 15.6. The second-order valence-corrected chi connectivity index (χ2v) is 6.80. The van der Waals surface area contributed by atoms with Gasteiger partial charge in [0.25, 0.3) is 0 Å². The Morgan fingerprint density at radius 2 is 1.83 bits per heavy atom. The molecule has 0 saturated heterocycles. The van der Waals surface area contributed by atoms with Crippen LogP contribution in [-0.4, -0.2) is 25.2 Å². The zero-order valence-corrected chi connectivity index (χ0v) is 16.9. The lowest BCUT2D eigenvalue weighted by Crippen LogP contribution is -2.00. The van der Waals surface area contributed by atoms with Crippen LogP contribution in [0.2, 0.25) is 0 Å². The molecular formula is C22H18N2O4S. The van der Waals surface area contributed by atoms with Crippen LogP contribution in [0.3, 0.4) is 0 Å². The van der Waals surface area contributed by atoms with E-state index in [1.165, 1.54) is 18.3 Å². The predicted octanol–water partition coefficient (Wildman–Crippen LogP) is 4.82. The molecule has 0 aliphatic rings. The van der Waals surface area contributed by atoms with Gasteiger partial charge in [0.15, 0.2) is 11.5 Å². The van der Waals surface area contributed by atoms with Gasteiger partial charge in [0.2, 0.25) is 0 Å². The first kappa shape index (κ1) is 20.1. The predicted molar refractivity (Wildman–Crippen MR) is 112 cm³/mol. The van der Waals surface area contributed by atoms with Crippen LogP contribution in [0.4, 0.5) is 0 Å². The second kappa shape index (κ2) is 9.04. The first-order chi connectivity index (χ1) is 14.0. The molecule has 0 amide bonds. The van der Waals surface area contributed by atoms with Crippen LogP contribution in [0.15, 0.2) is 47.8 Å². The molecule has 0 spiro atoms. The topological polar surface area (TPSA) is 81.4 Å². The summed E-state index contributed by atoms with van der Waals surface area (Å²) in [6.45, 7) is 1.35. The molecule has 0 aliphatic heterocycles. The first-order valence-corrected chi connectivity index (χ1v) is 9.50. The number of thiazole rings is 1. The largest absolute Gasteiger partial charge is 0.493 e.